The van der Waals surface area contributed by atoms with Gasteiger partial charge in [-0.3, -0.25) is 0 Å². The zero-order valence-corrected chi connectivity index (χ0v) is 14.0. The van der Waals surface area contributed by atoms with Gasteiger partial charge in [0.2, 0.25) is 5.75 Å². The lowest BCUT2D eigenvalue weighted by atomic mass is 9.97. The minimum Gasteiger partial charge on any atom is -0.493 e. The van der Waals surface area contributed by atoms with Gasteiger partial charge in [-0.2, -0.15) is 0 Å². The number of methoxy groups -OCH3 is 3. The van der Waals surface area contributed by atoms with Crippen LogP contribution >= 0.6 is 0 Å². The number of ether oxygens (including phenoxy) is 3. The third-order valence-corrected chi connectivity index (χ3v) is 3.76. The molecule has 21 heavy (non-hydrogen) atoms. The Bertz CT molecular complexity index is 421. The minimum absolute atomic E-state index is 0.679. The van der Waals surface area contributed by atoms with Crippen LogP contribution in [0.15, 0.2) is 12.1 Å². The Hall–Kier alpha value is -1.42. The number of rotatable bonds is 10. The summed E-state index contributed by atoms with van der Waals surface area (Å²) in [4.78, 5) is 0. The van der Waals surface area contributed by atoms with E-state index in [1.807, 2.05) is 6.07 Å². The summed E-state index contributed by atoms with van der Waals surface area (Å²) in [5.41, 5.74) is 1.17. The van der Waals surface area contributed by atoms with Crippen molar-refractivity contribution < 1.29 is 14.2 Å². The van der Waals surface area contributed by atoms with Gasteiger partial charge in [-0.05, 0) is 49.9 Å². The lowest BCUT2D eigenvalue weighted by Gasteiger charge is -2.17. The van der Waals surface area contributed by atoms with Gasteiger partial charge in [-0.15, -0.1) is 0 Å². The fraction of sp³-hybridized carbons (Fsp3) is 0.647. The Labute approximate surface area is 128 Å². The van der Waals surface area contributed by atoms with Gasteiger partial charge >= 0.3 is 0 Å². The predicted octanol–water partition coefficient (Wildman–Crippen LogP) is 3.28. The van der Waals surface area contributed by atoms with Gasteiger partial charge in [0.1, 0.15) is 0 Å². The van der Waals surface area contributed by atoms with Crippen LogP contribution < -0.4 is 19.5 Å². The predicted molar refractivity (Wildman–Crippen MR) is 86.7 cm³/mol. The zero-order chi connectivity index (χ0) is 15.7. The van der Waals surface area contributed by atoms with E-state index in [1.165, 1.54) is 12.0 Å². The molecule has 0 amide bonds. The molecule has 0 aliphatic rings. The molecule has 0 aliphatic heterocycles. The molecule has 1 atom stereocenters. The Morgan fingerprint density at radius 3 is 2.29 bits per heavy atom. The first-order valence-electron chi connectivity index (χ1n) is 7.66. The Morgan fingerprint density at radius 1 is 1.00 bits per heavy atom. The number of nitrogens with one attached hydrogen (secondary N) is 1. The third-order valence-electron chi connectivity index (χ3n) is 3.76. The first-order valence-corrected chi connectivity index (χ1v) is 7.66. The average molecular weight is 295 g/mol. The van der Waals surface area contributed by atoms with E-state index in [-0.39, 0.29) is 0 Å². The standard InChI is InChI=1S/C17H29NO3/c1-6-18-12-11-13(2)7-8-14-9-10-15(19-3)17(21-5)16(14)20-4/h9-10,13,18H,6-8,11-12H2,1-5H3. The summed E-state index contributed by atoms with van der Waals surface area (Å²) in [7, 11) is 4.96. The van der Waals surface area contributed by atoms with Crippen LogP contribution in [-0.4, -0.2) is 34.4 Å². The number of hydrogen-bond acceptors (Lipinski definition) is 4. The summed E-state index contributed by atoms with van der Waals surface area (Å²) < 4.78 is 16.3. The van der Waals surface area contributed by atoms with E-state index >= 15 is 0 Å². The van der Waals surface area contributed by atoms with Crippen molar-refractivity contribution in [3.8, 4) is 17.2 Å². The lowest BCUT2D eigenvalue weighted by Crippen LogP contribution is -2.16. The van der Waals surface area contributed by atoms with Crippen molar-refractivity contribution in [2.45, 2.75) is 33.1 Å². The molecule has 120 valence electrons. The molecule has 4 nitrogen and oxygen atoms in total. The molecule has 0 bridgehead atoms. The molecule has 0 aliphatic carbocycles. The van der Waals surface area contributed by atoms with Gasteiger partial charge in [0.15, 0.2) is 11.5 Å². The summed E-state index contributed by atoms with van der Waals surface area (Å²) in [6, 6.07) is 4.01. The molecule has 0 fully saturated rings. The quantitative estimate of drug-likeness (QED) is 0.672. The molecule has 1 aromatic rings. The maximum Gasteiger partial charge on any atom is 0.203 e. The fourth-order valence-corrected chi connectivity index (χ4v) is 2.43. The van der Waals surface area contributed by atoms with Crippen molar-refractivity contribution in [2.24, 2.45) is 5.92 Å². The molecule has 1 rings (SSSR count). The molecule has 0 heterocycles. The van der Waals surface area contributed by atoms with Crippen molar-refractivity contribution in [3.05, 3.63) is 17.7 Å². The van der Waals surface area contributed by atoms with E-state index in [2.05, 4.69) is 25.2 Å². The highest BCUT2D eigenvalue weighted by atomic mass is 16.5. The molecule has 0 aromatic heterocycles. The monoisotopic (exact) mass is 295 g/mol. The van der Waals surface area contributed by atoms with E-state index in [0.717, 1.165) is 31.7 Å². The Morgan fingerprint density at radius 2 is 1.71 bits per heavy atom. The first kappa shape index (κ1) is 17.6. The molecule has 1 unspecified atom stereocenters. The first-order chi connectivity index (χ1) is 10.2. The van der Waals surface area contributed by atoms with Crippen LogP contribution in [0.4, 0.5) is 0 Å². The van der Waals surface area contributed by atoms with Crippen LogP contribution in [0, 0.1) is 5.92 Å². The lowest BCUT2D eigenvalue weighted by molar-refractivity contribution is 0.321. The highest BCUT2D eigenvalue weighted by Gasteiger charge is 2.16. The molecular formula is C17H29NO3. The topological polar surface area (TPSA) is 39.7 Å². The van der Waals surface area contributed by atoms with E-state index in [0.29, 0.717) is 17.4 Å². The van der Waals surface area contributed by atoms with Crippen LogP contribution in [-0.2, 0) is 6.42 Å². The van der Waals surface area contributed by atoms with Gasteiger partial charge in [0.25, 0.3) is 0 Å². The summed E-state index contributed by atoms with van der Waals surface area (Å²) in [6.07, 6.45) is 3.32. The summed E-state index contributed by atoms with van der Waals surface area (Å²) in [5.74, 6) is 2.86. The van der Waals surface area contributed by atoms with E-state index in [4.69, 9.17) is 14.2 Å². The van der Waals surface area contributed by atoms with Crippen LogP contribution in [0.3, 0.4) is 0 Å². The molecule has 0 saturated heterocycles. The van der Waals surface area contributed by atoms with Crippen molar-refractivity contribution in [1.82, 2.24) is 5.32 Å². The highest BCUT2D eigenvalue weighted by molar-refractivity contribution is 5.55. The van der Waals surface area contributed by atoms with Gasteiger partial charge in [-0.25, -0.2) is 0 Å². The van der Waals surface area contributed by atoms with Gasteiger partial charge < -0.3 is 19.5 Å². The zero-order valence-electron chi connectivity index (χ0n) is 14.0. The molecule has 1 N–H and O–H groups in total. The van der Waals surface area contributed by atoms with Crippen LogP contribution in [0.25, 0.3) is 0 Å². The third kappa shape index (κ3) is 5.12. The molecule has 0 saturated carbocycles. The summed E-state index contributed by atoms with van der Waals surface area (Å²) in [6.45, 7) is 6.56. The maximum atomic E-state index is 5.52. The van der Waals surface area contributed by atoms with Gasteiger partial charge in [0, 0.05) is 0 Å². The fourth-order valence-electron chi connectivity index (χ4n) is 2.43. The number of aryl methyl sites for hydroxylation is 1. The van der Waals surface area contributed by atoms with E-state index < -0.39 is 0 Å². The molecular weight excluding hydrogens is 266 g/mol. The second kappa shape index (κ2) is 9.50. The Balaban J connectivity index is 2.70. The minimum atomic E-state index is 0.679. The average Bonchev–Trinajstić information content (AvgIpc) is 2.51. The highest BCUT2D eigenvalue weighted by Crippen LogP contribution is 2.40. The summed E-state index contributed by atoms with van der Waals surface area (Å²) >= 11 is 0. The van der Waals surface area contributed by atoms with Crippen LogP contribution in [0.2, 0.25) is 0 Å². The van der Waals surface area contributed by atoms with Crippen molar-refractivity contribution >= 4 is 0 Å². The largest absolute Gasteiger partial charge is 0.493 e. The van der Waals surface area contributed by atoms with Gasteiger partial charge in [-0.1, -0.05) is 19.9 Å². The van der Waals surface area contributed by atoms with Crippen molar-refractivity contribution in [1.29, 1.82) is 0 Å². The molecule has 1 aromatic carbocycles. The van der Waals surface area contributed by atoms with Crippen LogP contribution in [0.1, 0.15) is 32.3 Å². The van der Waals surface area contributed by atoms with Gasteiger partial charge in [0.05, 0.1) is 21.3 Å². The van der Waals surface area contributed by atoms with E-state index in [9.17, 15) is 0 Å². The molecule has 0 radical (unpaired) electrons. The van der Waals surface area contributed by atoms with Crippen LogP contribution in [0.5, 0.6) is 17.2 Å². The number of hydrogen-bond donors (Lipinski definition) is 1. The second-order valence-electron chi connectivity index (χ2n) is 5.28. The smallest absolute Gasteiger partial charge is 0.203 e. The number of benzene rings is 1. The van der Waals surface area contributed by atoms with Crippen molar-refractivity contribution in [3.63, 3.8) is 0 Å². The molecule has 0 spiro atoms. The molecule has 4 heteroatoms. The Kier molecular flexibility index (Phi) is 7.98. The maximum absolute atomic E-state index is 5.52. The SMILES string of the molecule is CCNCCC(C)CCc1ccc(OC)c(OC)c1OC. The summed E-state index contributed by atoms with van der Waals surface area (Å²) in [5, 5.41) is 3.37. The normalized spacial score (nSPS) is 12.0. The second-order valence-corrected chi connectivity index (χ2v) is 5.28. The van der Waals surface area contributed by atoms with E-state index in [1.54, 1.807) is 21.3 Å². The van der Waals surface area contributed by atoms with Crippen molar-refractivity contribution in [2.75, 3.05) is 34.4 Å².